The molecule has 0 heterocycles. The fraction of sp³-hybridized carbons (Fsp3) is 0. The predicted molar refractivity (Wildman–Crippen MR) is 27.2 cm³/mol. The Labute approximate surface area is 62.9 Å². The minimum absolute atomic E-state index is 0. The van der Waals surface area contributed by atoms with E-state index in [1.807, 2.05) is 0 Å². The molecule has 0 saturated carbocycles. The molecule has 0 aliphatic carbocycles. The van der Waals surface area contributed by atoms with Crippen molar-refractivity contribution in [3.05, 3.63) is 12.8 Å². The van der Waals surface area contributed by atoms with Crippen molar-refractivity contribution >= 4 is 13.1 Å². The summed E-state index contributed by atoms with van der Waals surface area (Å²) in [7, 11) is 0. The molecule has 1 amide bonds. The summed E-state index contributed by atoms with van der Waals surface area (Å²) in [6.45, 7) is 9.08. The number of nitrogens with zero attached hydrogens (tertiary/aromatic N) is 1. The average Bonchev–Trinajstić information content (AvgIpc) is 1.69. The Morgan fingerprint density at radius 2 is 1.88 bits per heavy atom. The topological polar surface area (TPSA) is 55.5 Å². The molecule has 0 atom stereocenters. The fourth-order valence-electron chi connectivity index (χ4n) is 0. The van der Waals surface area contributed by atoms with E-state index in [1.165, 1.54) is 0 Å². The first-order valence-electron chi connectivity index (χ1n) is 1.34. The van der Waals surface area contributed by atoms with Crippen LogP contribution < -0.4 is 5.73 Å². The number of carbonyl (C=O) groups excluding carboxylic acids is 1. The first-order valence-corrected chi connectivity index (χ1v) is 1.34. The van der Waals surface area contributed by atoms with Gasteiger partial charge < -0.3 is 28.3 Å². The Bertz CT molecular complexity index is 59.1. The van der Waals surface area contributed by atoms with Gasteiger partial charge in [-0.15, -0.1) is 0 Å². The van der Waals surface area contributed by atoms with Crippen LogP contribution in [0, 0.1) is 6.58 Å². The molecule has 3 nitrogen and oxygen atoms in total. The average molecular weight is 292 g/mol. The molecule has 50 valence electrons. The van der Waals surface area contributed by atoms with Crippen LogP contribution in [0.15, 0.2) is 11.2 Å². The molecule has 0 bridgehead atoms. The van der Waals surface area contributed by atoms with Gasteiger partial charge in [-0.1, -0.05) is 0 Å². The van der Waals surface area contributed by atoms with Crippen LogP contribution in [0.4, 0.5) is 0 Å². The van der Waals surface area contributed by atoms with Crippen LogP contribution in [0.25, 0.3) is 0 Å². The van der Waals surface area contributed by atoms with Crippen LogP contribution in [0.3, 0.4) is 0 Å². The number of nitrogens with two attached hydrogens (primary N) is 1. The molecule has 0 rings (SSSR count). The molecule has 2 N–H and O–H groups in total. The van der Waals surface area contributed by atoms with Crippen LogP contribution in [0.5, 0.6) is 0 Å². The van der Waals surface area contributed by atoms with E-state index in [-0.39, 0.29) is 21.1 Å². The Hall–Kier alpha value is -0.432. The number of rotatable bonds is 1. The predicted octanol–water partition coefficient (Wildman–Crippen LogP) is -0.480. The summed E-state index contributed by atoms with van der Waals surface area (Å²) in [4.78, 5) is 11.3. The van der Waals surface area contributed by atoms with Crippen molar-refractivity contribution in [2.45, 2.75) is 0 Å². The van der Waals surface area contributed by atoms with E-state index in [1.54, 1.807) is 0 Å². The summed E-state index contributed by atoms with van der Waals surface area (Å²) in [6.07, 6.45) is 2.03. The van der Waals surface area contributed by atoms with E-state index in [0.717, 1.165) is 12.6 Å². The number of primary amides is 1. The smallest absolute Gasteiger partial charge is 0 e. The van der Waals surface area contributed by atoms with Gasteiger partial charge in [0, 0.05) is 21.1 Å². The Morgan fingerprint density at radius 1 is 1.75 bits per heavy atom. The second kappa shape index (κ2) is 30.9. The van der Waals surface area contributed by atoms with Crippen molar-refractivity contribution in [2.75, 3.05) is 0 Å². The molecule has 8 heavy (non-hydrogen) atoms. The van der Waals surface area contributed by atoms with Crippen LogP contribution in [-0.2, 0) is 25.9 Å². The number of aliphatic imine (C=N–C) groups is 1. The monoisotopic (exact) mass is 292 g/mol. The maximum atomic E-state index is 8.46. The van der Waals surface area contributed by atoms with Crippen LogP contribution in [0.2, 0.25) is 0 Å². The summed E-state index contributed by atoms with van der Waals surface area (Å²) in [5.74, 6) is 0. The van der Waals surface area contributed by atoms with Crippen molar-refractivity contribution in [1.29, 1.82) is 0 Å². The summed E-state index contributed by atoms with van der Waals surface area (Å²) in [5.41, 5.74) is 4.04. The van der Waals surface area contributed by atoms with Crippen molar-refractivity contribution < 1.29 is 25.9 Å². The minimum atomic E-state index is 0. The molecule has 0 aliphatic rings. The second-order valence-corrected chi connectivity index (χ2v) is 0.416. The molecule has 0 saturated heterocycles. The standard InChI is InChI=1S/C3H3N.CH2NO.Pt/c1-3-4-2;2-1-3;/h1-3H;(H2,2,3);/q-2;-1;. The third-order valence-corrected chi connectivity index (χ3v) is 0.0861. The van der Waals surface area contributed by atoms with E-state index in [4.69, 9.17) is 4.79 Å². The van der Waals surface area contributed by atoms with E-state index in [0.29, 0.717) is 0 Å². The molecule has 0 aromatic carbocycles. The Morgan fingerprint density at radius 3 is 1.88 bits per heavy atom. The summed E-state index contributed by atoms with van der Waals surface area (Å²) >= 11 is 0. The Balaban J connectivity index is -0.0000000575. The zero-order valence-electron chi connectivity index (χ0n) is 3.98. The number of amides is 1. The van der Waals surface area contributed by atoms with Gasteiger partial charge in [-0.05, 0) is 0 Å². The molecule has 0 aliphatic heterocycles. The van der Waals surface area contributed by atoms with Gasteiger partial charge in [0.25, 0.3) is 0 Å². The summed E-state index contributed by atoms with van der Waals surface area (Å²) < 4.78 is 0. The van der Waals surface area contributed by atoms with Crippen molar-refractivity contribution in [2.24, 2.45) is 10.7 Å². The first kappa shape index (κ1) is 15.6. The quantitative estimate of drug-likeness (QED) is 0.396. The third-order valence-electron chi connectivity index (χ3n) is 0.0861. The van der Waals surface area contributed by atoms with Gasteiger partial charge in [-0.2, -0.15) is 13.1 Å². The van der Waals surface area contributed by atoms with Gasteiger partial charge in [0.2, 0.25) is 0 Å². The molecule has 0 aromatic rings. The molecule has 0 fully saturated rings. The van der Waals surface area contributed by atoms with E-state index < -0.39 is 0 Å². The number of hydrogen-bond acceptors (Lipinski definition) is 2. The van der Waals surface area contributed by atoms with Crippen LogP contribution in [-0.4, -0.2) is 13.1 Å². The molecular weight excluding hydrogens is 287 g/mol. The van der Waals surface area contributed by atoms with Gasteiger partial charge in [0.1, 0.15) is 0 Å². The Kier molecular flexibility index (Phi) is 60.4. The second-order valence-electron chi connectivity index (χ2n) is 0.416. The SMILES string of the molecule is N[C-]=O.[CH-]=CN=[CH-].[Pt]. The van der Waals surface area contributed by atoms with E-state index in [9.17, 15) is 0 Å². The van der Waals surface area contributed by atoms with Gasteiger partial charge in [-0.3, -0.25) is 0 Å². The molecular formula is C4H5N2OPt-3. The third kappa shape index (κ3) is 360. The zero-order valence-corrected chi connectivity index (χ0v) is 6.25. The number of hydrogen-bond donors (Lipinski definition) is 1. The fourth-order valence-corrected chi connectivity index (χ4v) is 0. The normalized spacial score (nSPS) is 4.00. The van der Waals surface area contributed by atoms with Gasteiger partial charge in [0.05, 0.1) is 0 Å². The molecule has 4 heteroatoms. The molecule has 0 unspecified atom stereocenters. The summed E-state index contributed by atoms with van der Waals surface area (Å²) in [5, 5.41) is 0. The van der Waals surface area contributed by atoms with E-state index in [2.05, 4.69) is 24.0 Å². The zero-order chi connectivity index (χ0) is 6.12. The summed E-state index contributed by atoms with van der Waals surface area (Å²) in [6, 6.07) is 0. The maximum Gasteiger partial charge on any atom is 0 e. The molecule has 0 spiro atoms. The largest absolute Gasteiger partial charge is 0.601 e. The van der Waals surface area contributed by atoms with Crippen molar-refractivity contribution in [3.63, 3.8) is 0 Å². The van der Waals surface area contributed by atoms with Gasteiger partial charge in [0.15, 0.2) is 0 Å². The molecule has 0 radical (unpaired) electrons. The first-order chi connectivity index (χ1) is 3.33. The van der Waals surface area contributed by atoms with Gasteiger partial charge >= 0.3 is 0 Å². The van der Waals surface area contributed by atoms with Crippen LogP contribution in [0.1, 0.15) is 0 Å². The maximum absolute atomic E-state index is 8.46. The van der Waals surface area contributed by atoms with Crippen molar-refractivity contribution in [1.82, 2.24) is 0 Å². The van der Waals surface area contributed by atoms with Crippen LogP contribution >= 0.6 is 0 Å². The molecule has 0 aromatic heterocycles. The van der Waals surface area contributed by atoms with Crippen molar-refractivity contribution in [3.8, 4) is 0 Å². The van der Waals surface area contributed by atoms with Gasteiger partial charge in [-0.25, -0.2) is 0 Å². The van der Waals surface area contributed by atoms with E-state index >= 15 is 0 Å². The minimum Gasteiger partial charge on any atom is -0.601 e.